The van der Waals surface area contributed by atoms with E-state index in [2.05, 4.69) is 4.90 Å². The van der Waals surface area contributed by atoms with Gasteiger partial charge in [0.25, 0.3) is 0 Å². The van der Waals surface area contributed by atoms with Gasteiger partial charge >= 0.3 is 5.97 Å². The molecule has 0 saturated carbocycles. The highest BCUT2D eigenvalue weighted by molar-refractivity contribution is 7.99. The number of rotatable bonds is 5. The fourth-order valence-corrected chi connectivity index (χ4v) is 2.90. The molecule has 2 N–H and O–H groups in total. The number of anilines is 1. The molecule has 1 rings (SSSR count). The van der Waals surface area contributed by atoms with Crippen molar-refractivity contribution in [2.45, 2.75) is 4.90 Å². The van der Waals surface area contributed by atoms with Crippen molar-refractivity contribution in [1.82, 2.24) is 4.90 Å². The molecule has 0 amide bonds. The molecule has 100 valence electrons. The lowest BCUT2D eigenvalue weighted by molar-refractivity contribution is 0.0597. The summed E-state index contributed by atoms with van der Waals surface area (Å²) in [5.41, 5.74) is 6.57. The van der Waals surface area contributed by atoms with E-state index < -0.39 is 5.97 Å². The van der Waals surface area contributed by atoms with Crippen LogP contribution < -0.4 is 5.73 Å². The van der Waals surface area contributed by atoms with Gasteiger partial charge in [0.05, 0.1) is 17.7 Å². The van der Waals surface area contributed by atoms with Gasteiger partial charge in [-0.15, -0.1) is 11.8 Å². The van der Waals surface area contributed by atoms with Gasteiger partial charge < -0.3 is 15.4 Å². The number of ether oxygens (including phenoxy) is 1. The summed E-state index contributed by atoms with van der Waals surface area (Å²) in [5.74, 6) is 0.414. The summed E-state index contributed by atoms with van der Waals surface area (Å²) in [6.45, 7) is 0.895. The zero-order valence-corrected chi connectivity index (χ0v) is 12.3. The average Bonchev–Trinajstić information content (AvgIpc) is 2.30. The number of nitrogens with zero attached hydrogens (tertiary/aromatic N) is 1. The number of carbonyl (C=O) groups excluding carboxylic acids is 1. The number of thioether (sulfide) groups is 1. The number of methoxy groups -OCH3 is 1. The summed E-state index contributed by atoms with van der Waals surface area (Å²) < 4.78 is 4.74. The second kappa shape index (κ2) is 6.87. The summed E-state index contributed by atoms with van der Waals surface area (Å²) in [6, 6.07) is 3.24. The highest BCUT2D eigenvalue weighted by Gasteiger charge is 2.16. The first-order valence-electron chi connectivity index (χ1n) is 5.40. The van der Waals surface area contributed by atoms with Gasteiger partial charge in [-0.25, -0.2) is 4.79 Å². The van der Waals surface area contributed by atoms with Crippen LogP contribution in [-0.2, 0) is 4.74 Å². The molecule has 0 fully saturated rings. The van der Waals surface area contributed by atoms with Crippen LogP contribution in [0.25, 0.3) is 0 Å². The first-order valence-corrected chi connectivity index (χ1v) is 6.77. The summed E-state index contributed by atoms with van der Waals surface area (Å²) in [6.07, 6.45) is 0. The molecule has 1 aromatic rings. The van der Waals surface area contributed by atoms with Crippen molar-refractivity contribution in [1.29, 1.82) is 0 Å². The van der Waals surface area contributed by atoms with Gasteiger partial charge in [-0.1, -0.05) is 11.6 Å². The molecule has 0 saturated heterocycles. The van der Waals surface area contributed by atoms with Gasteiger partial charge in [0.2, 0.25) is 0 Å². The first-order chi connectivity index (χ1) is 8.45. The van der Waals surface area contributed by atoms with Crippen molar-refractivity contribution >= 4 is 35.0 Å². The Morgan fingerprint density at radius 3 is 2.72 bits per heavy atom. The molecule has 0 atom stereocenters. The number of carbonyl (C=O) groups is 1. The van der Waals surface area contributed by atoms with Crippen LogP contribution in [0.4, 0.5) is 5.69 Å². The second-order valence-corrected chi connectivity index (χ2v) is 5.54. The van der Waals surface area contributed by atoms with Crippen molar-refractivity contribution in [2.75, 3.05) is 39.2 Å². The lowest BCUT2D eigenvalue weighted by Crippen LogP contribution is -2.15. The standard InChI is InChI=1S/C12H17ClN2O2S/c1-15(2)4-5-18-11-9(12(16)17-3)6-8(14)7-10(11)13/h6-7H,4-5,14H2,1-3H3. The molecule has 1 aromatic carbocycles. The van der Waals surface area contributed by atoms with Crippen molar-refractivity contribution in [3.05, 3.63) is 22.7 Å². The smallest absolute Gasteiger partial charge is 0.339 e. The second-order valence-electron chi connectivity index (χ2n) is 4.02. The minimum Gasteiger partial charge on any atom is -0.465 e. The monoisotopic (exact) mass is 288 g/mol. The van der Waals surface area contributed by atoms with Crippen molar-refractivity contribution in [3.8, 4) is 0 Å². The topological polar surface area (TPSA) is 55.6 Å². The van der Waals surface area contributed by atoms with Crippen LogP contribution in [-0.4, -0.2) is 44.4 Å². The summed E-state index contributed by atoms with van der Waals surface area (Å²) in [7, 11) is 5.33. The highest BCUT2D eigenvalue weighted by Crippen LogP contribution is 2.33. The van der Waals surface area contributed by atoms with Crippen LogP contribution in [0.2, 0.25) is 5.02 Å². The van der Waals surface area contributed by atoms with Crippen molar-refractivity contribution in [2.24, 2.45) is 0 Å². The SMILES string of the molecule is COC(=O)c1cc(N)cc(Cl)c1SCCN(C)C. The molecule has 0 aliphatic carbocycles. The lowest BCUT2D eigenvalue weighted by atomic mass is 10.2. The van der Waals surface area contributed by atoms with Crippen molar-refractivity contribution < 1.29 is 9.53 Å². The summed E-state index contributed by atoms with van der Waals surface area (Å²) >= 11 is 7.65. The lowest BCUT2D eigenvalue weighted by Gasteiger charge is -2.13. The number of esters is 1. The number of nitrogens with two attached hydrogens (primary N) is 1. The molecule has 0 spiro atoms. The Labute approximate surface area is 116 Å². The van der Waals surface area contributed by atoms with Crippen LogP contribution in [0.5, 0.6) is 0 Å². The maximum absolute atomic E-state index is 11.7. The van der Waals surface area contributed by atoms with Gasteiger partial charge in [-0.05, 0) is 26.2 Å². The predicted molar refractivity (Wildman–Crippen MR) is 76.5 cm³/mol. The van der Waals surface area contributed by atoms with E-state index in [0.29, 0.717) is 16.3 Å². The molecule has 0 aliphatic rings. The summed E-state index contributed by atoms with van der Waals surface area (Å²) in [4.78, 5) is 14.5. The van der Waals surface area contributed by atoms with E-state index in [1.54, 1.807) is 12.1 Å². The van der Waals surface area contributed by atoms with Crippen LogP contribution in [0.3, 0.4) is 0 Å². The maximum Gasteiger partial charge on any atom is 0.339 e. The number of hydrogen-bond donors (Lipinski definition) is 1. The zero-order chi connectivity index (χ0) is 13.7. The molecule has 0 heterocycles. The third-order valence-corrected chi connectivity index (χ3v) is 3.78. The third-order valence-electron chi connectivity index (χ3n) is 2.26. The number of hydrogen-bond acceptors (Lipinski definition) is 5. The van der Waals surface area contributed by atoms with Crippen LogP contribution in [0.1, 0.15) is 10.4 Å². The van der Waals surface area contributed by atoms with E-state index in [4.69, 9.17) is 22.1 Å². The van der Waals surface area contributed by atoms with E-state index in [9.17, 15) is 4.79 Å². The van der Waals surface area contributed by atoms with E-state index in [1.807, 2.05) is 14.1 Å². The van der Waals surface area contributed by atoms with Crippen molar-refractivity contribution in [3.63, 3.8) is 0 Å². The van der Waals surface area contributed by atoms with Gasteiger partial charge in [-0.3, -0.25) is 0 Å². The summed E-state index contributed by atoms with van der Waals surface area (Å²) in [5, 5.41) is 0.485. The normalized spacial score (nSPS) is 10.7. The van der Waals surface area contributed by atoms with E-state index in [-0.39, 0.29) is 0 Å². The molecule has 0 unspecified atom stereocenters. The average molecular weight is 289 g/mol. The van der Waals surface area contributed by atoms with Gasteiger partial charge in [0.15, 0.2) is 0 Å². The molecular formula is C12H17ClN2O2S. The van der Waals surface area contributed by atoms with Gasteiger partial charge in [0.1, 0.15) is 0 Å². The van der Waals surface area contributed by atoms with Crippen LogP contribution in [0.15, 0.2) is 17.0 Å². The quantitative estimate of drug-likeness (QED) is 0.512. The first kappa shape index (κ1) is 15.1. The Morgan fingerprint density at radius 2 is 2.17 bits per heavy atom. The zero-order valence-electron chi connectivity index (χ0n) is 10.7. The Hall–Kier alpha value is -0.910. The molecule has 0 aromatic heterocycles. The predicted octanol–water partition coefficient (Wildman–Crippen LogP) is 2.36. The number of benzene rings is 1. The van der Waals surface area contributed by atoms with Crippen LogP contribution >= 0.6 is 23.4 Å². The Morgan fingerprint density at radius 1 is 1.50 bits per heavy atom. The maximum atomic E-state index is 11.7. The third kappa shape index (κ3) is 4.08. The fraction of sp³-hybridized carbons (Fsp3) is 0.417. The Bertz CT molecular complexity index is 438. The minimum absolute atomic E-state index is 0.420. The molecule has 0 aliphatic heterocycles. The van der Waals surface area contributed by atoms with E-state index in [0.717, 1.165) is 17.2 Å². The largest absolute Gasteiger partial charge is 0.465 e. The molecule has 6 heteroatoms. The van der Waals surface area contributed by atoms with Gasteiger partial charge in [-0.2, -0.15) is 0 Å². The number of nitrogen functional groups attached to an aromatic ring is 1. The van der Waals surface area contributed by atoms with E-state index in [1.165, 1.54) is 18.9 Å². The van der Waals surface area contributed by atoms with Crippen LogP contribution in [0, 0.1) is 0 Å². The minimum atomic E-state index is -0.420. The molecule has 0 bridgehead atoms. The van der Waals surface area contributed by atoms with E-state index >= 15 is 0 Å². The molecule has 4 nitrogen and oxygen atoms in total. The fourth-order valence-electron chi connectivity index (χ4n) is 1.35. The van der Waals surface area contributed by atoms with Gasteiger partial charge in [0, 0.05) is 22.9 Å². The number of halogens is 1. The molecular weight excluding hydrogens is 272 g/mol. The molecule has 0 radical (unpaired) electrons. The Kier molecular flexibility index (Phi) is 5.78. The molecule has 18 heavy (non-hydrogen) atoms. The Balaban J connectivity index is 2.96. The highest BCUT2D eigenvalue weighted by atomic mass is 35.5.